The summed E-state index contributed by atoms with van der Waals surface area (Å²) >= 11 is 0. The lowest BCUT2D eigenvalue weighted by molar-refractivity contribution is -0.231. The van der Waals surface area contributed by atoms with E-state index in [0.29, 0.717) is 45.0 Å². The lowest BCUT2D eigenvalue weighted by Crippen LogP contribution is -2.61. The normalized spacial score (nSPS) is 20.6. The topological polar surface area (TPSA) is 117 Å². The van der Waals surface area contributed by atoms with Crippen molar-refractivity contribution in [2.45, 2.75) is 25.7 Å². The van der Waals surface area contributed by atoms with Crippen molar-refractivity contribution >= 4 is 11.8 Å². The first-order chi connectivity index (χ1) is 17.4. The van der Waals surface area contributed by atoms with Crippen LogP contribution in [0.1, 0.15) is 32.8 Å². The summed E-state index contributed by atoms with van der Waals surface area (Å²) in [6.07, 6.45) is 1.70. The van der Waals surface area contributed by atoms with Gasteiger partial charge in [-0.05, 0) is 24.1 Å². The predicted octanol–water partition coefficient (Wildman–Crippen LogP) is 0.332. The van der Waals surface area contributed by atoms with Crippen molar-refractivity contribution < 1.29 is 28.7 Å². The number of hydrogen-bond donors (Lipinski definition) is 2. The second kappa shape index (κ2) is 10.3. The zero-order chi connectivity index (χ0) is 25.2. The predicted molar refractivity (Wildman–Crippen MR) is 124 cm³/mol. The van der Waals surface area contributed by atoms with Gasteiger partial charge in [0.05, 0.1) is 19.8 Å². The summed E-state index contributed by atoms with van der Waals surface area (Å²) < 4.78 is 19.9. The molecule has 1 atom stereocenters. The highest BCUT2D eigenvalue weighted by Crippen LogP contribution is 2.28. The summed E-state index contributed by atoms with van der Waals surface area (Å²) in [4.78, 5) is 48.5. The molecule has 3 aliphatic rings. The Kier molecular flexibility index (Phi) is 7.01. The van der Waals surface area contributed by atoms with Crippen molar-refractivity contribution in [3.8, 4) is 5.75 Å². The van der Waals surface area contributed by atoms with Crippen molar-refractivity contribution in [3.05, 3.63) is 63.3 Å². The molecule has 3 aliphatic heterocycles. The molecule has 2 amide bonds. The zero-order valence-electron chi connectivity index (χ0n) is 19.7. The standard InChI is InChI=1S/C24H28FN5O6/c25-17-4-2-16(3-5-17)12-26-23(33)18-13-28-14-19-27(15-36-29-8-10-35-11-9-29)6-1-7-30(19)24(34)20(28)22(32)21(18)31/h2-5,13,19,32H,1,6-12,14-15H2,(H,26,33). The van der Waals surface area contributed by atoms with Crippen molar-refractivity contribution in [2.75, 3.05) is 46.1 Å². The molecule has 5 rings (SSSR count). The number of morpholine rings is 1. The molecular weight excluding hydrogens is 473 g/mol. The van der Waals surface area contributed by atoms with Crippen LogP contribution < -0.4 is 10.7 Å². The first-order valence-corrected chi connectivity index (χ1v) is 11.9. The van der Waals surface area contributed by atoms with E-state index in [4.69, 9.17) is 9.57 Å². The smallest absolute Gasteiger partial charge is 0.275 e. The Morgan fingerprint density at radius 1 is 1.14 bits per heavy atom. The van der Waals surface area contributed by atoms with Gasteiger partial charge >= 0.3 is 0 Å². The molecule has 0 saturated carbocycles. The maximum absolute atomic E-state index is 13.3. The van der Waals surface area contributed by atoms with Crippen LogP contribution in [0.25, 0.3) is 0 Å². The minimum atomic E-state index is -0.908. The van der Waals surface area contributed by atoms with Crippen molar-refractivity contribution in [2.24, 2.45) is 0 Å². The number of carbonyl (C=O) groups excluding carboxylic acids is 2. The Morgan fingerprint density at radius 3 is 2.64 bits per heavy atom. The van der Waals surface area contributed by atoms with E-state index >= 15 is 0 Å². The molecule has 0 radical (unpaired) electrons. The Morgan fingerprint density at radius 2 is 1.89 bits per heavy atom. The van der Waals surface area contributed by atoms with Crippen molar-refractivity contribution in [1.29, 1.82) is 0 Å². The summed E-state index contributed by atoms with van der Waals surface area (Å²) in [6.45, 7) is 4.34. The average Bonchev–Trinajstić information content (AvgIpc) is 2.89. The monoisotopic (exact) mass is 501 g/mol. The molecule has 0 aliphatic carbocycles. The van der Waals surface area contributed by atoms with Gasteiger partial charge in [-0.25, -0.2) is 4.39 Å². The molecule has 2 saturated heterocycles. The fourth-order valence-corrected chi connectivity index (χ4v) is 4.74. The summed E-state index contributed by atoms with van der Waals surface area (Å²) in [5.74, 6) is -2.29. The third-order valence-electron chi connectivity index (χ3n) is 6.69. The summed E-state index contributed by atoms with van der Waals surface area (Å²) in [6, 6.07) is 5.60. The number of benzene rings is 1. The van der Waals surface area contributed by atoms with Gasteiger partial charge in [0, 0.05) is 38.9 Å². The summed E-state index contributed by atoms with van der Waals surface area (Å²) in [5.41, 5.74) is -0.654. The van der Waals surface area contributed by atoms with Crippen molar-refractivity contribution in [1.82, 2.24) is 24.7 Å². The Bertz CT molecular complexity index is 1200. The molecule has 1 unspecified atom stereocenters. The number of nitrogens with one attached hydrogen (secondary N) is 1. The largest absolute Gasteiger partial charge is 0.503 e. The average molecular weight is 502 g/mol. The van der Waals surface area contributed by atoms with Crippen LogP contribution in [0.15, 0.2) is 35.3 Å². The van der Waals surface area contributed by atoms with Gasteiger partial charge in [0.1, 0.15) is 24.3 Å². The molecule has 11 nitrogen and oxygen atoms in total. The number of pyridine rings is 1. The Balaban J connectivity index is 1.35. The highest BCUT2D eigenvalue weighted by molar-refractivity contribution is 5.99. The number of hydroxylamine groups is 2. The van der Waals surface area contributed by atoms with E-state index in [-0.39, 0.29) is 37.2 Å². The van der Waals surface area contributed by atoms with E-state index in [1.54, 1.807) is 4.90 Å². The number of ether oxygens (including phenoxy) is 1. The number of halogens is 1. The summed E-state index contributed by atoms with van der Waals surface area (Å²) in [5, 5.41) is 15.1. The molecule has 2 fully saturated rings. The number of nitrogens with zero attached hydrogens (tertiary/aromatic N) is 4. The van der Waals surface area contributed by atoms with E-state index in [1.165, 1.54) is 35.0 Å². The van der Waals surface area contributed by atoms with Gasteiger partial charge in [0.15, 0.2) is 11.4 Å². The van der Waals surface area contributed by atoms with Crippen LogP contribution in [-0.2, 0) is 22.7 Å². The van der Waals surface area contributed by atoms with Crippen LogP contribution in [0.2, 0.25) is 0 Å². The molecule has 4 heterocycles. The van der Waals surface area contributed by atoms with E-state index in [9.17, 15) is 23.9 Å². The molecule has 1 aromatic carbocycles. The molecular formula is C24H28FN5O6. The third-order valence-corrected chi connectivity index (χ3v) is 6.69. The number of aromatic hydroxyl groups is 1. The highest BCUT2D eigenvalue weighted by atomic mass is 19.1. The van der Waals surface area contributed by atoms with Crippen LogP contribution >= 0.6 is 0 Å². The van der Waals surface area contributed by atoms with Gasteiger partial charge in [0.25, 0.3) is 11.8 Å². The van der Waals surface area contributed by atoms with E-state index in [0.717, 1.165) is 6.42 Å². The number of rotatable bonds is 6. The minimum Gasteiger partial charge on any atom is -0.503 e. The number of hydrogen-bond acceptors (Lipinski definition) is 8. The molecule has 0 bridgehead atoms. The molecule has 1 aromatic heterocycles. The van der Waals surface area contributed by atoms with E-state index in [2.05, 4.69) is 5.32 Å². The van der Waals surface area contributed by atoms with Crippen LogP contribution in [-0.4, -0.2) is 88.6 Å². The van der Waals surface area contributed by atoms with Crippen LogP contribution in [0, 0.1) is 5.82 Å². The van der Waals surface area contributed by atoms with Crippen LogP contribution in [0.5, 0.6) is 5.75 Å². The van der Waals surface area contributed by atoms with E-state index in [1.807, 2.05) is 9.96 Å². The fourth-order valence-electron chi connectivity index (χ4n) is 4.74. The van der Waals surface area contributed by atoms with Crippen LogP contribution in [0.4, 0.5) is 4.39 Å². The highest BCUT2D eigenvalue weighted by Gasteiger charge is 2.41. The van der Waals surface area contributed by atoms with Crippen molar-refractivity contribution in [3.63, 3.8) is 0 Å². The molecule has 2 aromatic rings. The molecule has 36 heavy (non-hydrogen) atoms. The quantitative estimate of drug-likeness (QED) is 0.582. The number of carbonyl (C=O) groups is 2. The number of amides is 2. The SMILES string of the molecule is O=C(NCc1ccc(F)cc1)c1cn2c(c(O)c1=O)C(=O)N1CCCN(CON3CCOCC3)C1C2. The summed E-state index contributed by atoms with van der Waals surface area (Å²) in [7, 11) is 0. The molecule has 2 N–H and O–H groups in total. The lowest BCUT2D eigenvalue weighted by atomic mass is 10.1. The second-order valence-corrected chi connectivity index (χ2v) is 8.98. The number of aromatic nitrogens is 1. The van der Waals surface area contributed by atoms with Gasteiger partial charge in [-0.3, -0.25) is 24.1 Å². The molecule has 12 heteroatoms. The van der Waals surface area contributed by atoms with Gasteiger partial charge in [-0.2, -0.15) is 5.06 Å². The zero-order valence-corrected chi connectivity index (χ0v) is 19.7. The second-order valence-electron chi connectivity index (χ2n) is 8.98. The Labute approximate surface area is 206 Å². The van der Waals surface area contributed by atoms with Crippen LogP contribution in [0.3, 0.4) is 0 Å². The van der Waals surface area contributed by atoms with Gasteiger partial charge < -0.3 is 24.6 Å². The maximum Gasteiger partial charge on any atom is 0.275 e. The third kappa shape index (κ3) is 4.85. The fraction of sp³-hybridized carbons (Fsp3) is 0.458. The van der Waals surface area contributed by atoms with Gasteiger partial charge in [0.2, 0.25) is 5.43 Å². The first-order valence-electron chi connectivity index (χ1n) is 11.9. The number of fused-ring (bicyclic) bond motifs is 2. The first kappa shape index (κ1) is 24.4. The maximum atomic E-state index is 13.3. The molecule has 0 spiro atoms. The molecule has 192 valence electrons. The van der Waals surface area contributed by atoms with E-state index < -0.39 is 28.8 Å². The lowest BCUT2D eigenvalue weighted by Gasteiger charge is -2.47. The van der Waals surface area contributed by atoms with Gasteiger partial charge in [-0.1, -0.05) is 12.1 Å². The minimum absolute atomic E-state index is 0.0725. The van der Waals surface area contributed by atoms with Gasteiger partial charge in [-0.15, -0.1) is 0 Å². The Hall–Kier alpha value is -3.32.